The molecule has 2 fully saturated rings. The molecule has 0 aromatic heterocycles. The van der Waals surface area contributed by atoms with Crippen molar-refractivity contribution in [3.05, 3.63) is 10.6 Å². The highest BCUT2D eigenvalue weighted by atomic mass is 32.2. The number of nitrogens with zero attached hydrogens (tertiary/aromatic N) is 3. The van der Waals surface area contributed by atoms with Gasteiger partial charge in [0, 0.05) is 24.1 Å². The molecule has 0 saturated carbocycles. The van der Waals surface area contributed by atoms with E-state index in [1.54, 1.807) is 46.4 Å². The maximum Gasteiger partial charge on any atom is 0.355 e. The van der Waals surface area contributed by atoms with Crippen molar-refractivity contribution in [3.8, 4) is 0 Å². The zero-order valence-corrected chi connectivity index (χ0v) is 21.4. The van der Waals surface area contributed by atoms with Crippen molar-refractivity contribution in [3.63, 3.8) is 0 Å². The molecule has 0 unspecified atom stereocenters. The minimum absolute atomic E-state index is 0.115. The van der Waals surface area contributed by atoms with Gasteiger partial charge >= 0.3 is 11.9 Å². The number of carbonyl (C=O) groups excluding carboxylic acids is 3. The molecular weight excluding hydrogens is 466 g/mol. The third-order valence-electron chi connectivity index (χ3n) is 6.40. The van der Waals surface area contributed by atoms with Crippen molar-refractivity contribution >= 4 is 46.5 Å². The van der Waals surface area contributed by atoms with Crippen LogP contribution in [-0.4, -0.2) is 93.4 Å². The van der Waals surface area contributed by atoms with Crippen molar-refractivity contribution in [2.45, 2.75) is 57.6 Å². The monoisotopic (exact) mass is 497 g/mol. The van der Waals surface area contributed by atoms with E-state index in [0.717, 1.165) is 30.6 Å². The number of fused-ring (bicyclic) bond motifs is 1. The zero-order valence-electron chi connectivity index (χ0n) is 19.8. The molecule has 4 aliphatic rings. The number of amides is 1. The normalized spacial score (nSPS) is 30.5. The standard InChI is InChI=1S/C22H31N3O6S2/c1-11(26)13-15-22(5,31-19(29)21(2,3)4)16(14(18(28)30-6)25(15)17(13)27)33-12-9-24(10-12)20-23-7-8-32-20/h11-13,15,26H,7-10H2,1-6H3/t11-,13-,15+,22-/m1/s1. The first-order valence-corrected chi connectivity index (χ1v) is 12.9. The van der Waals surface area contributed by atoms with E-state index in [4.69, 9.17) is 9.47 Å². The van der Waals surface area contributed by atoms with E-state index in [1.807, 2.05) is 0 Å². The molecule has 0 bridgehead atoms. The Hall–Kier alpha value is -1.72. The Balaban J connectivity index is 1.68. The topological polar surface area (TPSA) is 109 Å². The van der Waals surface area contributed by atoms with Crippen LogP contribution in [0.4, 0.5) is 0 Å². The molecule has 33 heavy (non-hydrogen) atoms. The molecule has 182 valence electrons. The number of thioether (sulfide) groups is 2. The van der Waals surface area contributed by atoms with E-state index in [1.165, 1.54) is 23.8 Å². The van der Waals surface area contributed by atoms with Crippen LogP contribution in [0.3, 0.4) is 0 Å². The first kappa shape index (κ1) is 24.4. The van der Waals surface area contributed by atoms with Crippen LogP contribution in [0.25, 0.3) is 0 Å². The summed E-state index contributed by atoms with van der Waals surface area (Å²) in [5.41, 5.74) is -1.94. The predicted octanol–water partition coefficient (Wildman–Crippen LogP) is 1.46. The minimum Gasteiger partial charge on any atom is -0.464 e. The van der Waals surface area contributed by atoms with Crippen molar-refractivity contribution in [2.75, 3.05) is 32.5 Å². The number of aliphatic hydroxyl groups is 1. The number of aliphatic imine (C=N–C) groups is 1. The lowest BCUT2D eigenvalue weighted by molar-refractivity contribution is -0.187. The number of hydrogen-bond donors (Lipinski definition) is 1. The third kappa shape index (κ3) is 3.95. The Morgan fingerprint density at radius 2 is 2.00 bits per heavy atom. The number of esters is 2. The number of likely N-dealkylation sites (tertiary alicyclic amines) is 1. The molecule has 11 heteroatoms. The van der Waals surface area contributed by atoms with Gasteiger partial charge in [0.2, 0.25) is 5.91 Å². The highest BCUT2D eigenvalue weighted by molar-refractivity contribution is 8.14. The van der Waals surface area contributed by atoms with E-state index in [2.05, 4.69) is 9.89 Å². The van der Waals surface area contributed by atoms with E-state index in [-0.39, 0.29) is 16.9 Å². The third-order valence-corrected chi connectivity index (χ3v) is 8.90. The number of ether oxygens (including phenoxy) is 2. The quantitative estimate of drug-likeness (QED) is 0.446. The second kappa shape index (κ2) is 8.49. The Kier molecular flexibility index (Phi) is 6.28. The number of hydrogen-bond acceptors (Lipinski definition) is 10. The first-order chi connectivity index (χ1) is 15.4. The minimum atomic E-state index is -1.27. The summed E-state index contributed by atoms with van der Waals surface area (Å²) < 4.78 is 11.1. The lowest BCUT2D eigenvalue weighted by Crippen LogP contribution is -2.69. The van der Waals surface area contributed by atoms with Crippen LogP contribution >= 0.6 is 23.5 Å². The van der Waals surface area contributed by atoms with Crippen molar-refractivity contribution in [1.82, 2.24) is 9.80 Å². The van der Waals surface area contributed by atoms with Crippen molar-refractivity contribution < 1.29 is 29.0 Å². The molecule has 9 nitrogen and oxygen atoms in total. The number of methoxy groups -OCH3 is 1. The smallest absolute Gasteiger partial charge is 0.355 e. The SMILES string of the molecule is COC(=O)C1=C(SC2CN(C3=NCCS3)C2)[C@](C)(OC(=O)C(C)(C)C)[C@@H]2[C@@H]([C@@H](C)O)C(=O)N12. The van der Waals surface area contributed by atoms with Crippen LogP contribution in [0.1, 0.15) is 34.6 Å². The molecule has 0 aromatic rings. The summed E-state index contributed by atoms with van der Waals surface area (Å²) in [5.74, 6) is -1.24. The lowest BCUT2D eigenvalue weighted by atomic mass is 9.76. The van der Waals surface area contributed by atoms with Crippen molar-refractivity contribution in [1.29, 1.82) is 0 Å². The summed E-state index contributed by atoms with van der Waals surface area (Å²) in [7, 11) is 1.26. The van der Waals surface area contributed by atoms with Gasteiger partial charge in [-0.05, 0) is 34.6 Å². The summed E-state index contributed by atoms with van der Waals surface area (Å²) in [6.45, 7) is 10.9. The molecule has 0 radical (unpaired) electrons. The summed E-state index contributed by atoms with van der Waals surface area (Å²) >= 11 is 3.19. The Labute approximate surface area is 202 Å². The lowest BCUT2D eigenvalue weighted by Gasteiger charge is -2.50. The van der Waals surface area contributed by atoms with Crippen LogP contribution < -0.4 is 0 Å². The van der Waals surface area contributed by atoms with Gasteiger partial charge in [0.25, 0.3) is 0 Å². The summed E-state index contributed by atoms with van der Waals surface area (Å²) in [4.78, 5) is 47.4. The van der Waals surface area contributed by atoms with Gasteiger partial charge in [-0.3, -0.25) is 19.5 Å². The van der Waals surface area contributed by atoms with Crippen molar-refractivity contribution in [2.24, 2.45) is 16.3 Å². The predicted molar refractivity (Wildman–Crippen MR) is 127 cm³/mol. The number of amidine groups is 1. The Bertz CT molecular complexity index is 937. The van der Waals surface area contributed by atoms with Crippen LogP contribution in [-0.2, 0) is 23.9 Å². The maximum absolute atomic E-state index is 13.0. The highest BCUT2D eigenvalue weighted by Gasteiger charge is 2.69. The van der Waals surface area contributed by atoms with Gasteiger partial charge in [-0.2, -0.15) is 0 Å². The van der Waals surface area contributed by atoms with Gasteiger partial charge in [0.05, 0.1) is 42.0 Å². The van der Waals surface area contributed by atoms with Crippen LogP contribution in [0.15, 0.2) is 15.6 Å². The van der Waals surface area contributed by atoms with E-state index >= 15 is 0 Å². The second-order valence-electron chi connectivity index (χ2n) is 9.99. The number of aliphatic hydroxyl groups excluding tert-OH is 1. The summed E-state index contributed by atoms with van der Waals surface area (Å²) in [6, 6.07) is -0.668. The van der Waals surface area contributed by atoms with Gasteiger partial charge < -0.3 is 19.5 Å². The molecule has 0 aromatic carbocycles. The van der Waals surface area contributed by atoms with Gasteiger partial charge in [-0.1, -0.05) is 11.8 Å². The van der Waals surface area contributed by atoms with Crippen LogP contribution in [0, 0.1) is 11.3 Å². The highest BCUT2D eigenvalue weighted by Crippen LogP contribution is 2.56. The van der Waals surface area contributed by atoms with E-state index in [0.29, 0.717) is 4.91 Å². The fourth-order valence-electron chi connectivity index (χ4n) is 4.56. The van der Waals surface area contributed by atoms with Gasteiger partial charge in [0.1, 0.15) is 5.70 Å². The molecule has 0 spiro atoms. The molecule has 4 aliphatic heterocycles. The molecule has 2 saturated heterocycles. The molecule has 1 N–H and O–H groups in total. The molecule has 4 rings (SSSR count). The largest absolute Gasteiger partial charge is 0.464 e. The Morgan fingerprint density at radius 3 is 2.52 bits per heavy atom. The zero-order chi connectivity index (χ0) is 24.3. The van der Waals surface area contributed by atoms with Gasteiger partial charge in [0.15, 0.2) is 10.8 Å². The first-order valence-electron chi connectivity index (χ1n) is 11.1. The molecule has 0 aliphatic carbocycles. The molecule has 1 amide bonds. The molecule has 4 atom stereocenters. The fourth-order valence-corrected chi connectivity index (χ4v) is 6.97. The fraction of sp³-hybridized carbons (Fsp3) is 0.727. The van der Waals surface area contributed by atoms with Gasteiger partial charge in [-0.25, -0.2) is 4.79 Å². The summed E-state index contributed by atoms with van der Waals surface area (Å²) in [5, 5.41) is 11.5. The average molecular weight is 498 g/mol. The van der Waals surface area contributed by atoms with E-state index < -0.39 is 41.0 Å². The second-order valence-corrected chi connectivity index (χ2v) is 12.4. The van der Waals surface area contributed by atoms with Gasteiger partial charge in [-0.15, -0.1) is 11.8 Å². The maximum atomic E-state index is 13.0. The van der Waals surface area contributed by atoms with Crippen LogP contribution in [0.5, 0.6) is 0 Å². The number of rotatable bonds is 5. The van der Waals surface area contributed by atoms with Crippen LogP contribution in [0.2, 0.25) is 0 Å². The molecular formula is C22H31N3O6S2. The average Bonchev–Trinajstić information content (AvgIpc) is 3.27. The van der Waals surface area contributed by atoms with E-state index in [9.17, 15) is 19.5 Å². The number of β-lactam (4-membered cyclic amide) rings is 1. The number of carbonyl (C=O) groups is 3. The summed E-state index contributed by atoms with van der Waals surface area (Å²) in [6.07, 6.45) is -0.953. The molecule has 4 heterocycles. The Morgan fingerprint density at radius 1 is 1.33 bits per heavy atom.